The monoisotopic (exact) mass is 502 g/mol. The number of imidazole rings is 1. The van der Waals surface area contributed by atoms with Crippen LogP contribution in [0.2, 0.25) is 0 Å². The Morgan fingerprint density at radius 1 is 1.12 bits per heavy atom. The third-order valence-corrected chi connectivity index (χ3v) is 8.93. The smallest absolute Gasteiger partial charge is 0.298 e. The van der Waals surface area contributed by atoms with Gasteiger partial charge in [0.25, 0.3) is 0 Å². The maximum absolute atomic E-state index is 13.0. The Balaban J connectivity index is 1.91. The maximum atomic E-state index is 13.0. The van der Waals surface area contributed by atoms with Crippen molar-refractivity contribution in [1.82, 2.24) is 9.97 Å². The summed E-state index contributed by atoms with van der Waals surface area (Å²) in [5, 5.41) is 0. The van der Waals surface area contributed by atoms with Crippen LogP contribution in [0.5, 0.6) is 0 Å². The van der Waals surface area contributed by atoms with Gasteiger partial charge in [-0.2, -0.15) is 8.42 Å². The highest BCUT2D eigenvalue weighted by Gasteiger charge is 2.50. The molecule has 9 heteroatoms. The van der Waals surface area contributed by atoms with Gasteiger partial charge in [0.15, 0.2) is 11.3 Å². The Labute approximate surface area is 204 Å². The first-order chi connectivity index (χ1) is 15.4. The molecule has 1 aromatic carbocycles. The lowest BCUT2D eigenvalue weighted by atomic mass is 9.80. The van der Waals surface area contributed by atoms with Gasteiger partial charge in [-0.05, 0) is 80.5 Å². The molecule has 0 unspecified atom stereocenters. The molecule has 34 heavy (non-hydrogen) atoms. The summed E-state index contributed by atoms with van der Waals surface area (Å²) in [6.45, 7) is 16.1. The van der Waals surface area contributed by atoms with Crippen LogP contribution in [0.15, 0.2) is 24.4 Å². The predicted octanol–water partition coefficient (Wildman–Crippen LogP) is 4.62. The largest absolute Gasteiger partial charge is 0.402 e. The van der Waals surface area contributed by atoms with Gasteiger partial charge in [0.1, 0.15) is 5.52 Å². The molecular weight excluding hydrogens is 470 g/mol. The van der Waals surface area contributed by atoms with E-state index in [0.29, 0.717) is 16.7 Å². The van der Waals surface area contributed by atoms with E-state index in [2.05, 4.69) is 25.8 Å². The van der Waals surface area contributed by atoms with Crippen molar-refractivity contribution in [2.45, 2.75) is 77.4 Å². The van der Waals surface area contributed by atoms with E-state index in [1.54, 1.807) is 0 Å². The molecule has 2 N–H and O–H groups in total. The molecule has 0 fully saturated rings. The number of pyridine rings is 1. The number of benzene rings is 1. The van der Waals surface area contributed by atoms with Crippen LogP contribution in [0.4, 0.5) is 0 Å². The summed E-state index contributed by atoms with van der Waals surface area (Å²) in [6.07, 6.45) is 1.89. The van der Waals surface area contributed by atoms with Crippen LogP contribution in [0, 0.1) is 6.92 Å². The Kier molecular flexibility index (Phi) is 5.59. The van der Waals surface area contributed by atoms with Crippen LogP contribution in [-0.4, -0.2) is 28.7 Å². The number of aromatic amines is 1. The number of hydrogen-bond acceptors (Lipinski definition) is 5. The Bertz CT molecular complexity index is 1390. The zero-order valence-electron chi connectivity index (χ0n) is 20.9. The highest BCUT2D eigenvalue weighted by Crippen LogP contribution is 2.47. The molecule has 7 nitrogen and oxygen atoms in total. The standard InChI is InChI=1S/C25H31N3O4S2/c1-14-15(23(2,3)4)9-10-28(20(14)13-33-34(30,31)32)22-26-18-11-16-17(12-19(18)27-22)25(7,8)21(29)24(16,5)6/h9-12H,13H2,1-8H3,(H-,26,27,30,31,32)/p+1. The van der Waals surface area contributed by atoms with E-state index in [9.17, 15) is 17.8 Å². The normalized spacial score (nSPS) is 17.4. The number of H-pyrrole nitrogens is 1. The third kappa shape index (κ3) is 3.97. The number of rotatable bonds is 4. The second-order valence-corrected chi connectivity index (χ2v) is 14.5. The molecule has 0 amide bonds. The lowest BCUT2D eigenvalue weighted by Gasteiger charge is -2.23. The second-order valence-electron chi connectivity index (χ2n) is 11.2. The van der Waals surface area contributed by atoms with E-state index in [1.165, 1.54) is 0 Å². The fourth-order valence-electron chi connectivity index (χ4n) is 5.24. The van der Waals surface area contributed by atoms with Crippen LogP contribution in [-0.2, 0) is 35.9 Å². The summed E-state index contributed by atoms with van der Waals surface area (Å²) in [4.78, 5) is 21.2. The topological polar surface area (TPSA) is 104 Å². The molecule has 1 aliphatic rings. The quantitative estimate of drug-likeness (QED) is 0.307. The van der Waals surface area contributed by atoms with Crippen LogP contribution >= 0.6 is 10.8 Å². The van der Waals surface area contributed by atoms with Gasteiger partial charge < -0.3 is 0 Å². The van der Waals surface area contributed by atoms with Crippen molar-refractivity contribution >= 4 is 36.8 Å². The number of nitrogens with one attached hydrogen (secondary N) is 1. The van der Waals surface area contributed by atoms with Gasteiger partial charge in [-0.15, -0.1) is 0 Å². The van der Waals surface area contributed by atoms with Gasteiger partial charge in [-0.3, -0.25) is 9.35 Å². The molecule has 0 aliphatic heterocycles. The number of ketones is 1. The summed E-state index contributed by atoms with van der Waals surface area (Å²) in [7, 11) is -3.73. The van der Waals surface area contributed by atoms with Crippen molar-refractivity contribution in [2.24, 2.45) is 0 Å². The first kappa shape index (κ1) is 24.9. The number of hydrogen-bond donors (Lipinski definition) is 2. The van der Waals surface area contributed by atoms with Crippen molar-refractivity contribution in [3.05, 3.63) is 52.3 Å². The molecule has 0 saturated heterocycles. The molecule has 182 valence electrons. The van der Waals surface area contributed by atoms with E-state index >= 15 is 0 Å². The van der Waals surface area contributed by atoms with E-state index in [1.807, 2.05) is 63.6 Å². The van der Waals surface area contributed by atoms with Crippen molar-refractivity contribution in [3.8, 4) is 5.95 Å². The summed E-state index contributed by atoms with van der Waals surface area (Å²) in [5.41, 5.74) is 4.98. The predicted molar refractivity (Wildman–Crippen MR) is 135 cm³/mol. The molecule has 0 bridgehead atoms. The molecule has 0 saturated carbocycles. The molecule has 0 spiro atoms. The van der Waals surface area contributed by atoms with Crippen LogP contribution in [0.1, 0.15) is 76.4 Å². The van der Waals surface area contributed by atoms with Crippen molar-refractivity contribution < 1.29 is 22.3 Å². The van der Waals surface area contributed by atoms with Gasteiger partial charge >= 0.3 is 15.1 Å². The molecule has 2 heterocycles. The van der Waals surface area contributed by atoms with Gasteiger partial charge in [-0.25, -0.2) is 9.55 Å². The minimum Gasteiger partial charge on any atom is -0.298 e. The van der Waals surface area contributed by atoms with Crippen LogP contribution < -0.4 is 4.57 Å². The van der Waals surface area contributed by atoms with Crippen LogP contribution in [0.25, 0.3) is 17.0 Å². The minimum absolute atomic E-state index is 0.0662. The summed E-state index contributed by atoms with van der Waals surface area (Å²) in [6, 6.07) is 6.02. The number of Topliss-reactive ketones (excluding diaryl/α,β-unsaturated/α-hetero) is 1. The SMILES string of the molecule is Cc1c(C(C)(C)C)cc[n+](-c2nc3cc4c(cc3[nH]2)C(C)(C)C(=O)C4(C)C)c1CSS(=O)(=O)O. The highest BCUT2D eigenvalue weighted by molar-refractivity contribution is 8.69. The second kappa shape index (κ2) is 7.63. The number of carbonyl (C=O) groups excluding carboxylic acids is 1. The lowest BCUT2D eigenvalue weighted by molar-refractivity contribution is -0.610. The van der Waals surface area contributed by atoms with Gasteiger partial charge in [-0.1, -0.05) is 25.8 Å². The van der Waals surface area contributed by atoms with Crippen molar-refractivity contribution in [2.75, 3.05) is 0 Å². The van der Waals surface area contributed by atoms with E-state index in [0.717, 1.165) is 39.0 Å². The molecule has 2 aromatic heterocycles. The van der Waals surface area contributed by atoms with Crippen LogP contribution in [0.3, 0.4) is 0 Å². The lowest BCUT2D eigenvalue weighted by Crippen LogP contribution is -2.39. The minimum atomic E-state index is -4.21. The maximum Gasteiger partial charge on any atom is 0.402 e. The van der Waals surface area contributed by atoms with Crippen molar-refractivity contribution in [1.29, 1.82) is 0 Å². The Morgan fingerprint density at radius 3 is 2.26 bits per heavy atom. The zero-order chi connectivity index (χ0) is 25.4. The van der Waals surface area contributed by atoms with E-state index in [-0.39, 0.29) is 17.0 Å². The van der Waals surface area contributed by atoms with E-state index in [4.69, 9.17) is 4.98 Å². The summed E-state index contributed by atoms with van der Waals surface area (Å²) in [5.74, 6) is 0.807. The number of aromatic nitrogens is 3. The van der Waals surface area contributed by atoms with Gasteiger partial charge in [0.05, 0.1) is 17.6 Å². The molecule has 4 rings (SSSR count). The molecule has 1 aliphatic carbocycles. The number of fused-ring (bicyclic) bond motifs is 2. The molecule has 3 aromatic rings. The fourth-order valence-corrected chi connectivity index (χ4v) is 6.63. The zero-order valence-corrected chi connectivity index (χ0v) is 22.5. The molecular formula is C25H32N3O4S2+. The Morgan fingerprint density at radius 2 is 1.71 bits per heavy atom. The average molecular weight is 503 g/mol. The van der Waals surface area contributed by atoms with Gasteiger partial charge in [0.2, 0.25) is 0 Å². The average Bonchev–Trinajstić information content (AvgIpc) is 3.16. The fraction of sp³-hybridized carbons (Fsp3) is 0.480. The first-order valence-corrected chi connectivity index (χ1v) is 14.2. The van der Waals surface area contributed by atoms with Gasteiger partial charge in [0, 0.05) is 21.6 Å². The number of carbonyl (C=O) groups is 1. The van der Waals surface area contributed by atoms with E-state index < -0.39 is 20.0 Å². The number of nitrogens with zero attached hydrogens (tertiary/aromatic N) is 2. The highest BCUT2D eigenvalue weighted by atomic mass is 33.1. The third-order valence-electron chi connectivity index (χ3n) is 6.99. The van der Waals surface area contributed by atoms with Crippen molar-refractivity contribution in [3.63, 3.8) is 0 Å². The first-order valence-electron chi connectivity index (χ1n) is 11.2. The summed E-state index contributed by atoms with van der Waals surface area (Å²) >= 11 is 0. The summed E-state index contributed by atoms with van der Waals surface area (Å²) < 4.78 is 34.2. The molecule has 0 atom stereocenters. The molecule has 0 radical (unpaired) electrons. The Hall–Kier alpha value is -2.23.